The molecule has 1 aromatic carbocycles. The highest BCUT2D eigenvalue weighted by Gasteiger charge is 2.53. The molecule has 0 bridgehead atoms. The molecule has 2 saturated heterocycles. The summed E-state index contributed by atoms with van der Waals surface area (Å²) >= 11 is 0. The van der Waals surface area contributed by atoms with Crippen LogP contribution in [0.4, 0.5) is 0 Å². The fourth-order valence-electron chi connectivity index (χ4n) is 5.67. The van der Waals surface area contributed by atoms with E-state index in [4.69, 9.17) is 9.47 Å². The van der Waals surface area contributed by atoms with Crippen LogP contribution >= 0.6 is 0 Å². The molecule has 2 aliphatic heterocycles. The third-order valence-electron chi connectivity index (χ3n) is 8.63. The highest BCUT2D eigenvalue weighted by Crippen LogP contribution is 2.46. The number of benzene rings is 1. The van der Waals surface area contributed by atoms with E-state index in [0.717, 1.165) is 41.4 Å². The molecule has 0 amide bonds. The van der Waals surface area contributed by atoms with E-state index < -0.39 is 35.6 Å². The van der Waals surface area contributed by atoms with Crippen LogP contribution in [0.25, 0.3) is 10.9 Å². The van der Waals surface area contributed by atoms with Gasteiger partial charge in [0, 0.05) is 23.4 Å². The number of aliphatic hydroxyl groups excluding tert-OH is 2. The van der Waals surface area contributed by atoms with Crippen molar-refractivity contribution in [3.05, 3.63) is 41.6 Å². The van der Waals surface area contributed by atoms with Crippen LogP contribution in [0.2, 0.25) is 0 Å². The molecule has 7 atom stereocenters. The summed E-state index contributed by atoms with van der Waals surface area (Å²) in [5.41, 5.74) is 1.12. The maximum absolute atomic E-state index is 13.3. The highest BCUT2D eigenvalue weighted by atomic mass is 16.6. The lowest BCUT2D eigenvalue weighted by Crippen LogP contribution is -2.45. The molecule has 4 rings (SSSR count). The Morgan fingerprint density at radius 1 is 1.05 bits per heavy atom. The predicted molar refractivity (Wildman–Crippen MR) is 141 cm³/mol. The molecule has 37 heavy (non-hydrogen) atoms. The molecule has 0 radical (unpaired) electrons. The van der Waals surface area contributed by atoms with Crippen molar-refractivity contribution in [2.75, 3.05) is 0 Å². The molecule has 202 valence electrons. The maximum Gasteiger partial charge on any atom is 0.309 e. The SMILES string of the molecule is Cc1ccc2cc([C@@H]3C[C@@H]4O[C@]4(C)CCCC(C)[C@H](O)C(C)C(=O)C(C)(C)C(O)CC(=O)O3)ccc2n1. The van der Waals surface area contributed by atoms with Gasteiger partial charge in [-0.15, -0.1) is 0 Å². The number of esters is 1. The van der Waals surface area contributed by atoms with Gasteiger partial charge >= 0.3 is 5.97 Å². The molecule has 1 aromatic heterocycles. The Morgan fingerprint density at radius 3 is 2.51 bits per heavy atom. The van der Waals surface area contributed by atoms with Crippen molar-refractivity contribution in [1.29, 1.82) is 0 Å². The topological polar surface area (TPSA) is 109 Å². The summed E-state index contributed by atoms with van der Waals surface area (Å²) in [5, 5.41) is 22.8. The number of pyridine rings is 1. The number of rotatable bonds is 1. The van der Waals surface area contributed by atoms with Crippen LogP contribution in [-0.4, -0.2) is 50.9 Å². The lowest BCUT2D eigenvalue weighted by Gasteiger charge is -2.34. The van der Waals surface area contributed by atoms with Gasteiger partial charge in [-0.2, -0.15) is 0 Å². The van der Waals surface area contributed by atoms with E-state index in [1.807, 2.05) is 44.2 Å². The number of Topliss-reactive ketones (excluding diaryl/α,β-unsaturated/α-hetero) is 1. The van der Waals surface area contributed by atoms with Gasteiger partial charge < -0.3 is 19.7 Å². The minimum absolute atomic E-state index is 0.0628. The Bertz CT molecular complexity index is 1160. The molecule has 2 N–H and O–H groups in total. The van der Waals surface area contributed by atoms with Gasteiger partial charge in [0.25, 0.3) is 0 Å². The van der Waals surface area contributed by atoms with Gasteiger partial charge in [0.2, 0.25) is 0 Å². The zero-order valence-corrected chi connectivity index (χ0v) is 22.9. The number of ketones is 1. The summed E-state index contributed by atoms with van der Waals surface area (Å²) in [6.07, 6.45) is -0.0491. The summed E-state index contributed by atoms with van der Waals surface area (Å²) in [6, 6.07) is 9.81. The normalized spacial score (nSPS) is 35.6. The Labute approximate surface area is 219 Å². The van der Waals surface area contributed by atoms with E-state index in [1.54, 1.807) is 20.8 Å². The molecule has 2 aromatic rings. The number of ether oxygens (including phenoxy) is 2. The van der Waals surface area contributed by atoms with E-state index in [1.165, 1.54) is 0 Å². The van der Waals surface area contributed by atoms with Crippen molar-refractivity contribution < 1.29 is 29.3 Å². The van der Waals surface area contributed by atoms with Crippen molar-refractivity contribution in [1.82, 2.24) is 4.98 Å². The number of nitrogens with zero attached hydrogens (tertiary/aromatic N) is 1. The lowest BCUT2D eigenvalue weighted by molar-refractivity contribution is -0.156. The third-order valence-corrected chi connectivity index (χ3v) is 8.63. The second-order valence-electron chi connectivity index (χ2n) is 12.0. The minimum atomic E-state index is -1.24. The van der Waals surface area contributed by atoms with E-state index in [9.17, 15) is 19.8 Å². The van der Waals surface area contributed by atoms with Gasteiger partial charge in [-0.05, 0) is 56.4 Å². The zero-order chi connectivity index (χ0) is 27.1. The lowest BCUT2D eigenvalue weighted by atomic mass is 9.73. The van der Waals surface area contributed by atoms with Crippen LogP contribution in [0.1, 0.15) is 84.1 Å². The average Bonchev–Trinajstić information content (AvgIpc) is 3.49. The van der Waals surface area contributed by atoms with Crippen LogP contribution in [-0.2, 0) is 19.1 Å². The molecule has 0 spiro atoms. The fraction of sp³-hybridized carbons (Fsp3) is 0.633. The van der Waals surface area contributed by atoms with Crippen molar-refractivity contribution >= 4 is 22.7 Å². The number of aromatic nitrogens is 1. The van der Waals surface area contributed by atoms with Crippen LogP contribution in [0.15, 0.2) is 30.3 Å². The Morgan fingerprint density at radius 2 is 1.78 bits per heavy atom. The summed E-state index contributed by atoms with van der Waals surface area (Å²) < 4.78 is 12.1. The van der Waals surface area contributed by atoms with Crippen LogP contribution in [0.5, 0.6) is 0 Å². The molecule has 2 fully saturated rings. The molecule has 3 unspecified atom stereocenters. The quantitative estimate of drug-likeness (QED) is 0.417. The largest absolute Gasteiger partial charge is 0.457 e. The van der Waals surface area contributed by atoms with Crippen LogP contribution in [0, 0.1) is 24.2 Å². The number of aryl methyl sites for hydroxylation is 1. The monoisotopic (exact) mass is 511 g/mol. The van der Waals surface area contributed by atoms with E-state index in [-0.39, 0.29) is 29.8 Å². The third kappa shape index (κ3) is 5.89. The molecule has 0 aliphatic carbocycles. The van der Waals surface area contributed by atoms with Crippen molar-refractivity contribution in [2.45, 2.75) is 104 Å². The maximum atomic E-state index is 13.3. The van der Waals surface area contributed by atoms with E-state index in [2.05, 4.69) is 11.9 Å². The number of fused-ring (bicyclic) bond motifs is 2. The highest BCUT2D eigenvalue weighted by molar-refractivity contribution is 5.88. The van der Waals surface area contributed by atoms with E-state index in [0.29, 0.717) is 6.42 Å². The standard InChI is InChI=1S/C30H41NO6/c1-17-8-7-13-30(6)25(37-30)15-23(21-11-12-22-20(14-21)10-9-18(2)31-22)36-26(33)16-24(32)29(4,5)28(35)19(3)27(17)34/h9-12,14,17,19,23-25,27,32,34H,7-8,13,15-16H2,1-6H3/t17?,19?,23-,24?,25-,27-,30+/m0/s1. The zero-order valence-electron chi connectivity index (χ0n) is 22.9. The number of hydrogen-bond donors (Lipinski definition) is 2. The van der Waals surface area contributed by atoms with Gasteiger partial charge in [-0.1, -0.05) is 46.2 Å². The first kappa shape index (κ1) is 27.7. The molecule has 0 saturated carbocycles. The van der Waals surface area contributed by atoms with Gasteiger partial charge in [0.15, 0.2) is 0 Å². The molecule has 7 nitrogen and oxygen atoms in total. The Balaban J connectivity index is 1.62. The second kappa shape index (κ2) is 10.4. The van der Waals surface area contributed by atoms with E-state index >= 15 is 0 Å². The molecular weight excluding hydrogens is 470 g/mol. The minimum Gasteiger partial charge on any atom is -0.457 e. The summed E-state index contributed by atoms with van der Waals surface area (Å²) in [6.45, 7) is 10.9. The summed E-state index contributed by atoms with van der Waals surface area (Å²) in [4.78, 5) is 30.9. The van der Waals surface area contributed by atoms with Gasteiger partial charge in [-0.3, -0.25) is 14.6 Å². The number of epoxide rings is 1. The Kier molecular flexibility index (Phi) is 7.80. The number of cyclic esters (lactones) is 1. The van der Waals surface area contributed by atoms with Gasteiger partial charge in [-0.25, -0.2) is 0 Å². The summed E-state index contributed by atoms with van der Waals surface area (Å²) in [5.74, 6) is -1.57. The molecular formula is C30H41NO6. The van der Waals surface area contributed by atoms with Crippen molar-refractivity contribution in [3.8, 4) is 0 Å². The number of carbonyl (C=O) groups is 2. The second-order valence-corrected chi connectivity index (χ2v) is 12.0. The molecule has 3 heterocycles. The van der Waals surface area contributed by atoms with Gasteiger partial charge in [0.05, 0.1) is 41.3 Å². The Hall–Kier alpha value is -2.35. The number of hydrogen-bond acceptors (Lipinski definition) is 7. The van der Waals surface area contributed by atoms with Gasteiger partial charge in [0.1, 0.15) is 11.9 Å². The van der Waals surface area contributed by atoms with Crippen molar-refractivity contribution in [3.63, 3.8) is 0 Å². The smallest absolute Gasteiger partial charge is 0.309 e. The average molecular weight is 512 g/mol. The van der Waals surface area contributed by atoms with Crippen LogP contribution in [0.3, 0.4) is 0 Å². The summed E-state index contributed by atoms with van der Waals surface area (Å²) in [7, 11) is 0. The molecule has 2 aliphatic rings. The molecule has 7 heteroatoms. The number of carbonyl (C=O) groups excluding carboxylic acids is 2. The van der Waals surface area contributed by atoms with Crippen molar-refractivity contribution in [2.24, 2.45) is 17.3 Å². The first-order chi connectivity index (χ1) is 17.3. The predicted octanol–water partition coefficient (Wildman–Crippen LogP) is 4.84. The number of aliphatic hydroxyl groups is 2. The first-order valence-corrected chi connectivity index (χ1v) is 13.5. The van der Waals surface area contributed by atoms with Crippen LogP contribution < -0.4 is 0 Å². The fourth-order valence-corrected chi connectivity index (χ4v) is 5.67. The first-order valence-electron chi connectivity index (χ1n) is 13.5.